The van der Waals surface area contributed by atoms with Crippen molar-refractivity contribution in [1.82, 2.24) is 0 Å². The minimum atomic E-state index is -0.501. The molecule has 0 aliphatic heterocycles. The summed E-state index contributed by atoms with van der Waals surface area (Å²) in [6.45, 7) is 3.33. The van der Waals surface area contributed by atoms with Gasteiger partial charge in [-0.15, -0.1) is 0 Å². The molecule has 0 amide bonds. The first kappa shape index (κ1) is 15.0. The van der Waals surface area contributed by atoms with Crippen LogP contribution in [0.4, 0.5) is 0 Å². The summed E-state index contributed by atoms with van der Waals surface area (Å²) in [5.74, 6) is 11.4. The standard InChI is InChI=1S/C19H12O3/c1-2-19(21)22-18-13-9-16(10-14-18)6-4-3-5-15-7-11-17(20)12-8-15/h2,7-14,20H,1H2. The fourth-order valence-electron chi connectivity index (χ4n) is 1.52. The highest BCUT2D eigenvalue weighted by molar-refractivity contribution is 5.83. The van der Waals surface area contributed by atoms with Gasteiger partial charge in [0.25, 0.3) is 0 Å². The molecule has 0 aliphatic rings. The van der Waals surface area contributed by atoms with Crippen LogP contribution in [0.15, 0.2) is 61.2 Å². The Bertz CT molecular complexity index is 792. The quantitative estimate of drug-likeness (QED) is 0.400. The summed E-state index contributed by atoms with van der Waals surface area (Å²) in [7, 11) is 0. The predicted molar refractivity (Wildman–Crippen MR) is 84.1 cm³/mol. The molecule has 0 atom stereocenters. The number of carbonyl (C=O) groups excluding carboxylic acids is 1. The topological polar surface area (TPSA) is 46.5 Å². The smallest absolute Gasteiger partial charge is 0.335 e. The van der Waals surface area contributed by atoms with Gasteiger partial charge in [-0.3, -0.25) is 0 Å². The van der Waals surface area contributed by atoms with Gasteiger partial charge in [0.1, 0.15) is 11.5 Å². The van der Waals surface area contributed by atoms with E-state index in [1.807, 2.05) is 0 Å². The van der Waals surface area contributed by atoms with Crippen molar-refractivity contribution < 1.29 is 14.6 Å². The van der Waals surface area contributed by atoms with Crippen molar-refractivity contribution >= 4 is 5.97 Å². The minimum absolute atomic E-state index is 0.203. The Balaban J connectivity index is 2.02. The Morgan fingerprint density at radius 2 is 1.45 bits per heavy atom. The molecule has 0 radical (unpaired) electrons. The fourth-order valence-corrected chi connectivity index (χ4v) is 1.52. The molecule has 0 bridgehead atoms. The number of hydrogen-bond acceptors (Lipinski definition) is 3. The van der Waals surface area contributed by atoms with Crippen molar-refractivity contribution in [3.63, 3.8) is 0 Å². The first-order valence-corrected chi connectivity index (χ1v) is 6.43. The average Bonchev–Trinajstić information content (AvgIpc) is 2.54. The third-order valence-corrected chi connectivity index (χ3v) is 2.58. The maximum Gasteiger partial charge on any atom is 0.335 e. The zero-order valence-electron chi connectivity index (χ0n) is 11.7. The fraction of sp³-hybridized carbons (Fsp3) is 0. The van der Waals surface area contributed by atoms with E-state index in [2.05, 4.69) is 30.3 Å². The van der Waals surface area contributed by atoms with Crippen LogP contribution < -0.4 is 4.74 Å². The van der Waals surface area contributed by atoms with E-state index in [0.29, 0.717) is 5.75 Å². The van der Waals surface area contributed by atoms with Crippen molar-refractivity contribution in [3.8, 4) is 35.2 Å². The van der Waals surface area contributed by atoms with E-state index >= 15 is 0 Å². The molecule has 0 aromatic heterocycles. The third kappa shape index (κ3) is 4.59. The average molecular weight is 288 g/mol. The summed E-state index contributed by atoms with van der Waals surface area (Å²) in [6, 6.07) is 13.3. The molecular weight excluding hydrogens is 276 g/mol. The molecule has 106 valence electrons. The lowest BCUT2D eigenvalue weighted by Crippen LogP contribution is -2.02. The lowest BCUT2D eigenvalue weighted by Gasteiger charge is -1.99. The van der Waals surface area contributed by atoms with Gasteiger partial charge in [-0.25, -0.2) is 4.79 Å². The lowest BCUT2D eigenvalue weighted by molar-refractivity contribution is -0.128. The van der Waals surface area contributed by atoms with Gasteiger partial charge in [0.15, 0.2) is 0 Å². The Kier molecular flexibility index (Phi) is 5.02. The zero-order valence-corrected chi connectivity index (χ0v) is 11.7. The number of rotatable bonds is 2. The van der Waals surface area contributed by atoms with Gasteiger partial charge < -0.3 is 9.84 Å². The van der Waals surface area contributed by atoms with Gasteiger partial charge >= 0.3 is 5.97 Å². The molecule has 0 spiro atoms. The molecule has 3 nitrogen and oxygen atoms in total. The van der Waals surface area contributed by atoms with Gasteiger partial charge in [0.05, 0.1) is 0 Å². The summed E-state index contributed by atoms with van der Waals surface area (Å²) in [5, 5.41) is 9.16. The number of ether oxygens (including phenoxy) is 1. The van der Waals surface area contributed by atoms with Crippen LogP contribution in [0.1, 0.15) is 11.1 Å². The SMILES string of the molecule is C=CC(=O)Oc1ccc(C#CC#Cc2ccc(O)cc2)cc1. The van der Waals surface area contributed by atoms with Crippen molar-refractivity contribution in [1.29, 1.82) is 0 Å². The van der Waals surface area contributed by atoms with Crippen LogP contribution in [-0.4, -0.2) is 11.1 Å². The van der Waals surface area contributed by atoms with Gasteiger partial charge in [-0.1, -0.05) is 18.4 Å². The van der Waals surface area contributed by atoms with E-state index in [1.165, 1.54) is 0 Å². The number of aromatic hydroxyl groups is 1. The predicted octanol–water partition coefficient (Wildman–Crippen LogP) is 2.89. The molecule has 0 saturated heterocycles. The van der Waals surface area contributed by atoms with Gasteiger partial charge in [-0.05, 0) is 60.4 Å². The van der Waals surface area contributed by atoms with Crippen molar-refractivity contribution in [2.75, 3.05) is 0 Å². The van der Waals surface area contributed by atoms with E-state index in [9.17, 15) is 4.79 Å². The molecule has 2 rings (SSSR count). The highest BCUT2D eigenvalue weighted by Crippen LogP contribution is 2.11. The maximum atomic E-state index is 11.0. The van der Waals surface area contributed by atoms with E-state index in [0.717, 1.165) is 17.2 Å². The second-order valence-corrected chi connectivity index (χ2v) is 4.20. The Morgan fingerprint density at radius 1 is 0.955 bits per heavy atom. The highest BCUT2D eigenvalue weighted by atomic mass is 16.5. The molecule has 0 fully saturated rings. The maximum absolute atomic E-state index is 11.0. The molecule has 0 unspecified atom stereocenters. The van der Waals surface area contributed by atoms with Crippen molar-refractivity contribution in [2.24, 2.45) is 0 Å². The lowest BCUT2D eigenvalue weighted by atomic mass is 10.2. The van der Waals surface area contributed by atoms with Crippen molar-refractivity contribution in [2.45, 2.75) is 0 Å². The number of esters is 1. The molecule has 1 N–H and O–H groups in total. The molecular formula is C19H12O3. The van der Waals surface area contributed by atoms with Gasteiger partial charge in [-0.2, -0.15) is 0 Å². The van der Waals surface area contributed by atoms with Crippen LogP contribution in [0.5, 0.6) is 11.5 Å². The van der Waals surface area contributed by atoms with Crippen LogP contribution in [0, 0.1) is 23.7 Å². The van der Waals surface area contributed by atoms with E-state index in [-0.39, 0.29) is 5.75 Å². The van der Waals surface area contributed by atoms with Gasteiger partial charge in [0.2, 0.25) is 0 Å². The summed E-state index contributed by atoms with van der Waals surface area (Å²) >= 11 is 0. The number of benzene rings is 2. The summed E-state index contributed by atoms with van der Waals surface area (Å²) in [5.41, 5.74) is 1.54. The Morgan fingerprint density at radius 3 is 1.95 bits per heavy atom. The number of phenolic OH excluding ortho intramolecular Hbond substituents is 1. The van der Waals surface area contributed by atoms with Crippen LogP contribution in [0.25, 0.3) is 0 Å². The minimum Gasteiger partial charge on any atom is -0.508 e. The third-order valence-electron chi connectivity index (χ3n) is 2.58. The molecule has 3 heteroatoms. The number of carbonyl (C=O) groups is 1. The first-order chi connectivity index (χ1) is 10.7. The van der Waals surface area contributed by atoms with Crippen molar-refractivity contribution in [3.05, 3.63) is 72.3 Å². The molecule has 0 aliphatic carbocycles. The summed E-state index contributed by atoms with van der Waals surface area (Å²) in [4.78, 5) is 11.0. The highest BCUT2D eigenvalue weighted by Gasteiger charge is 1.98. The van der Waals surface area contributed by atoms with Gasteiger partial charge in [0, 0.05) is 17.2 Å². The summed E-state index contributed by atoms with van der Waals surface area (Å²) in [6.07, 6.45) is 1.10. The van der Waals surface area contributed by atoms with Crippen LogP contribution in [0.2, 0.25) is 0 Å². The first-order valence-electron chi connectivity index (χ1n) is 6.43. The molecule has 2 aromatic rings. The largest absolute Gasteiger partial charge is 0.508 e. The normalized spacial score (nSPS) is 8.73. The summed E-state index contributed by atoms with van der Waals surface area (Å²) < 4.78 is 4.96. The van der Waals surface area contributed by atoms with E-state index in [1.54, 1.807) is 48.5 Å². The van der Waals surface area contributed by atoms with Crippen LogP contribution in [-0.2, 0) is 4.79 Å². The second kappa shape index (κ2) is 7.38. The van der Waals surface area contributed by atoms with E-state index < -0.39 is 5.97 Å². The molecule has 0 heterocycles. The van der Waals surface area contributed by atoms with Crippen LogP contribution >= 0.6 is 0 Å². The zero-order chi connectivity index (χ0) is 15.8. The molecule has 2 aromatic carbocycles. The number of hydrogen-bond donors (Lipinski definition) is 1. The molecule has 22 heavy (non-hydrogen) atoms. The molecule has 0 saturated carbocycles. The number of phenols is 1. The van der Waals surface area contributed by atoms with E-state index in [4.69, 9.17) is 9.84 Å². The Labute approximate surface area is 128 Å². The van der Waals surface area contributed by atoms with Crippen LogP contribution in [0.3, 0.4) is 0 Å². The monoisotopic (exact) mass is 288 g/mol. The second-order valence-electron chi connectivity index (χ2n) is 4.20. The Hall–Kier alpha value is -3.43.